The van der Waals surface area contributed by atoms with Gasteiger partial charge in [-0.1, -0.05) is 42.5 Å². The molecule has 0 bridgehead atoms. The van der Waals surface area contributed by atoms with E-state index in [4.69, 9.17) is 5.73 Å². The Morgan fingerprint density at radius 3 is 2.66 bits per heavy atom. The number of nitrogens with two attached hydrogens (primary N) is 1. The van der Waals surface area contributed by atoms with Gasteiger partial charge in [0.15, 0.2) is 9.84 Å². The van der Waals surface area contributed by atoms with Crippen molar-refractivity contribution in [3.63, 3.8) is 0 Å². The molecule has 4 rings (SSSR count). The van der Waals surface area contributed by atoms with E-state index in [9.17, 15) is 8.42 Å². The summed E-state index contributed by atoms with van der Waals surface area (Å²) in [5, 5.41) is 1.22. The van der Waals surface area contributed by atoms with Gasteiger partial charge < -0.3 is 15.6 Å². The van der Waals surface area contributed by atoms with Crippen LogP contribution in [0.25, 0.3) is 17.0 Å². The van der Waals surface area contributed by atoms with Crippen molar-refractivity contribution in [1.82, 2.24) is 9.88 Å². The van der Waals surface area contributed by atoms with Gasteiger partial charge in [0.2, 0.25) is 0 Å². The summed E-state index contributed by atoms with van der Waals surface area (Å²) in [5.41, 5.74) is 11.2. The molecular formula is C26H33N3O2S. The predicted molar refractivity (Wildman–Crippen MR) is 133 cm³/mol. The lowest BCUT2D eigenvalue weighted by atomic mass is 10.0. The number of benzene rings is 2. The van der Waals surface area contributed by atoms with E-state index in [-0.39, 0.29) is 11.5 Å². The van der Waals surface area contributed by atoms with Crippen molar-refractivity contribution in [3.8, 4) is 0 Å². The first-order chi connectivity index (χ1) is 15.4. The van der Waals surface area contributed by atoms with Crippen molar-refractivity contribution >= 4 is 26.8 Å². The Kier molecular flexibility index (Phi) is 7.13. The van der Waals surface area contributed by atoms with Crippen LogP contribution in [0.5, 0.6) is 0 Å². The number of aromatic nitrogens is 1. The molecule has 0 spiro atoms. The molecule has 6 heteroatoms. The number of rotatable bonds is 9. The van der Waals surface area contributed by atoms with E-state index in [0.717, 1.165) is 28.6 Å². The van der Waals surface area contributed by atoms with E-state index in [1.807, 2.05) is 36.4 Å². The van der Waals surface area contributed by atoms with Crippen LogP contribution in [0.4, 0.5) is 0 Å². The highest BCUT2D eigenvalue weighted by molar-refractivity contribution is 7.91. The van der Waals surface area contributed by atoms with Crippen molar-refractivity contribution in [2.45, 2.75) is 38.3 Å². The number of aryl methyl sites for hydroxylation is 1. The molecule has 3 aromatic rings. The third-order valence-electron chi connectivity index (χ3n) is 6.54. The normalized spacial score (nSPS) is 17.6. The lowest BCUT2D eigenvalue weighted by molar-refractivity contribution is 0.310. The van der Waals surface area contributed by atoms with Gasteiger partial charge in [-0.15, -0.1) is 0 Å². The van der Waals surface area contributed by atoms with Crippen LogP contribution in [0.3, 0.4) is 0 Å². The number of hydrogen-bond donors (Lipinski definition) is 2. The molecule has 1 aliphatic heterocycles. The Morgan fingerprint density at radius 2 is 1.94 bits per heavy atom. The van der Waals surface area contributed by atoms with Gasteiger partial charge in [-0.25, -0.2) is 8.42 Å². The molecule has 0 amide bonds. The molecule has 2 heterocycles. The fourth-order valence-corrected chi connectivity index (χ4v) is 5.60. The second kappa shape index (κ2) is 10.0. The maximum absolute atomic E-state index is 12.6. The minimum absolute atomic E-state index is 0.0529. The molecule has 5 nitrogen and oxygen atoms in total. The second-order valence-electron chi connectivity index (χ2n) is 8.89. The highest BCUT2D eigenvalue weighted by Gasteiger charge is 2.22. The van der Waals surface area contributed by atoms with Crippen molar-refractivity contribution in [1.29, 1.82) is 0 Å². The number of fused-ring (bicyclic) bond motifs is 1. The van der Waals surface area contributed by atoms with Crippen LogP contribution in [-0.2, 0) is 29.2 Å². The van der Waals surface area contributed by atoms with E-state index >= 15 is 0 Å². The topological polar surface area (TPSA) is 79.2 Å². The average Bonchev–Trinajstić information content (AvgIpc) is 3.39. The molecule has 3 N–H and O–H groups in total. The molecule has 2 aromatic carbocycles. The van der Waals surface area contributed by atoms with Crippen LogP contribution in [0.2, 0.25) is 0 Å². The largest absolute Gasteiger partial charge is 0.361 e. The quantitative estimate of drug-likeness (QED) is 0.517. The number of likely N-dealkylation sites (N-methyl/N-ethyl adjacent to an activating group) is 1. The van der Waals surface area contributed by atoms with Crippen LogP contribution in [0.1, 0.15) is 35.1 Å². The molecule has 0 saturated carbocycles. The fraction of sp³-hybridized carbons (Fsp3) is 0.385. The highest BCUT2D eigenvalue weighted by atomic mass is 32.2. The summed E-state index contributed by atoms with van der Waals surface area (Å²) < 4.78 is 25.1. The Hall–Kier alpha value is -2.41. The fourth-order valence-electron chi connectivity index (χ4n) is 4.49. The minimum atomic E-state index is -3.16. The van der Waals surface area contributed by atoms with Crippen molar-refractivity contribution in [3.05, 3.63) is 77.0 Å². The molecule has 1 aromatic heterocycles. The number of aromatic amines is 1. The number of H-pyrrole nitrogens is 1. The third kappa shape index (κ3) is 5.68. The first kappa shape index (κ1) is 22.8. The third-order valence-corrected chi connectivity index (χ3v) is 8.06. The first-order valence-electron chi connectivity index (χ1n) is 11.4. The number of nitrogens with zero attached hydrogens (tertiary/aromatic N) is 1. The number of hydrogen-bond acceptors (Lipinski definition) is 4. The average molecular weight is 452 g/mol. The van der Waals surface area contributed by atoms with E-state index in [2.05, 4.69) is 35.3 Å². The predicted octanol–water partition coefficient (Wildman–Crippen LogP) is 3.93. The maximum atomic E-state index is 12.6. The lowest BCUT2D eigenvalue weighted by Crippen LogP contribution is -2.26. The van der Waals surface area contributed by atoms with Gasteiger partial charge in [-0.2, -0.15) is 0 Å². The number of sulfone groups is 1. The Labute approximate surface area is 191 Å². The monoisotopic (exact) mass is 451 g/mol. The Bertz CT molecular complexity index is 1180. The van der Waals surface area contributed by atoms with Crippen LogP contribution in [0, 0.1) is 0 Å². The molecule has 1 atom stereocenters. The van der Waals surface area contributed by atoms with E-state index in [1.54, 1.807) is 6.08 Å². The Morgan fingerprint density at radius 1 is 1.16 bits per heavy atom. The lowest BCUT2D eigenvalue weighted by Gasteiger charge is -2.18. The summed E-state index contributed by atoms with van der Waals surface area (Å²) in [4.78, 5) is 5.81. The van der Waals surface area contributed by atoms with Gasteiger partial charge in [0, 0.05) is 29.7 Å². The van der Waals surface area contributed by atoms with E-state index in [0.29, 0.717) is 19.0 Å². The Balaban J connectivity index is 1.37. The number of nitrogens with one attached hydrogen (secondary N) is 1. The zero-order valence-electron chi connectivity index (χ0n) is 18.8. The molecule has 0 aliphatic carbocycles. The van der Waals surface area contributed by atoms with Crippen molar-refractivity contribution in [2.24, 2.45) is 5.73 Å². The molecule has 1 fully saturated rings. The van der Waals surface area contributed by atoms with Gasteiger partial charge >= 0.3 is 0 Å². The molecule has 1 aliphatic rings. The smallest absolute Gasteiger partial charge is 0.154 e. The minimum Gasteiger partial charge on any atom is -0.361 e. The number of likely N-dealkylation sites (tertiary alicyclic amines) is 1. The summed E-state index contributed by atoms with van der Waals surface area (Å²) in [6.45, 7) is 1.68. The van der Waals surface area contributed by atoms with Crippen molar-refractivity contribution in [2.75, 3.05) is 25.1 Å². The SMILES string of the molecule is CN1CCC[C@@H]1Cc1c[nH]c2ccc(CCS(=O)(=O)CC=Cc3ccc(CN)cc3)cc12. The molecule has 0 unspecified atom stereocenters. The van der Waals surface area contributed by atoms with E-state index in [1.165, 1.54) is 30.3 Å². The zero-order chi connectivity index (χ0) is 22.6. The summed E-state index contributed by atoms with van der Waals surface area (Å²) in [6, 6.07) is 14.7. The summed E-state index contributed by atoms with van der Waals surface area (Å²) >= 11 is 0. The molecule has 170 valence electrons. The van der Waals surface area contributed by atoms with E-state index < -0.39 is 9.84 Å². The molecule has 1 saturated heterocycles. The van der Waals surface area contributed by atoms with Gasteiger partial charge in [0.1, 0.15) is 0 Å². The van der Waals surface area contributed by atoms with Crippen LogP contribution >= 0.6 is 0 Å². The zero-order valence-corrected chi connectivity index (χ0v) is 19.6. The van der Waals surface area contributed by atoms with Gasteiger partial charge in [0.05, 0.1) is 11.5 Å². The first-order valence-corrected chi connectivity index (χ1v) is 13.2. The van der Waals surface area contributed by atoms with Crippen LogP contribution in [0.15, 0.2) is 54.7 Å². The highest BCUT2D eigenvalue weighted by Crippen LogP contribution is 2.26. The summed E-state index contributed by atoms with van der Waals surface area (Å²) in [5.74, 6) is 0.206. The van der Waals surface area contributed by atoms with Gasteiger partial charge in [-0.3, -0.25) is 0 Å². The van der Waals surface area contributed by atoms with Gasteiger partial charge in [-0.05, 0) is 73.7 Å². The summed E-state index contributed by atoms with van der Waals surface area (Å²) in [7, 11) is -0.959. The molecule has 0 radical (unpaired) electrons. The summed E-state index contributed by atoms with van der Waals surface area (Å²) in [6.07, 6.45) is 9.78. The van der Waals surface area contributed by atoms with Gasteiger partial charge in [0.25, 0.3) is 0 Å². The standard InChI is InChI=1S/C26H33N3O2S/c1-29-13-2-5-24(29)17-23-19-28-26-11-10-21(16-25(23)26)12-15-32(30,31)14-3-4-20-6-8-22(18-27)9-7-20/h3-4,6-11,16,19,24,28H,2,5,12-15,17-18,27H2,1H3/t24-/m1/s1. The second-order valence-corrected chi connectivity index (χ2v) is 11.1. The maximum Gasteiger partial charge on any atom is 0.154 e. The molecule has 32 heavy (non-hydrogen) atoms. The molecular weight excluding hydrogens is 418 g/mol. The van der Waals surface area contributed by atoms with Crippen LogP contribution in [-0.4, -0.2) is 49.4 Å². The van der Waals surface area contributed by atoms with Crippen LogP contribution < -0.4 is 5.73 Å². The van der Waals surface area contributed by atoms with Crippen molar-refractivity contribution < 1.29 is 8.42 Å².